The highest BCUT2D eigenvalue weighted by atomic mass is 16.2. The lowest BCUT2D eigenvalue weighted by Crippen LogP contribution is -2.44. The summed E-state index contributed by atoms with van der Waals surface area (Å²) in [4.78, 5) is 17.0. The molecule has 1 unspecified atom stereocenters. The van der Waals surface area contributed by atoms with Crippen molar-refractivity contribution >= 4 is 5.91 Å². The van der Waals surface area contributed by atoms with Crippen molar-refractivity contribution in [2.75, 3.05) is 40.8 Å². The van der Waals surface area contributed by atoms with Gasteiger partial charge in [-0.3, -0.25) is 9.69 Å². The van der Waals surface area contributed by atoms with E-state index in [1.165, 1.54) is 6.42 Å². The molecule has 4 nitrogen and oxygen atoms in total. The van der Waals surface area contributed by atoms with Gasteiger partial charge in [0.05, 0.1) is 0 Å². The van der Waals surface area contributed by atoms with Gasteiger partial charge in [-0.25, -0.2) is 0 Å². The van der Waals surface area contributed by atoms with E-state index in [0.29, 0.717) is 0 Å². The fourth-order valence-corrected chi connectivity index (χ4v) is 3.26. The van der Waals surface area contributed by atoms with Gasteiger partial charge in [0.1, 0.15) is 6.04 Å². The van der Waals surface area contributed by atoms with Gasteiger partial charge in [-0.2, -0.15) is 0 Å². The van der Waals surface area contributed by atoms with Gasteiger partial charge < -0.3 is 10.2 Å². The number of carbonyl (C=O) groups excluding carboxylic acids is 1. The zero-order valence-electron chi connectivity index (χ0n) is 14.1. The van der Waals surface area contributed by atoms with Crippen LogP contribution in [0.15, 0.2) is 30.3 Å². The molecule has 1 saturated heterocycles. The van der Waals surface area contributed by atoms with Crippen LogP contribution in [0.5, 0.6) is 0 Å². The Hall–Kier alpha value is -1.39. The Morgan fingerprint density at radius 2 is 1.91 bits per heavy atom. The van der Waals surface area contributed by atoms with Crippen molar-refractivity contribution in [3.8, 4) is 0 Å². The molecule has 1 aromatic carbocycles. The van der Waals surface area contributed by atoms with E-state index in [1.54, 1.807) is 0 Å². The number of nitrogens with zero attached hydrogens (tertiary/aromatic N) is 2. The largest absolute Gasteiger partial charge is 0.341 e. The summed E-state index contributed by atoms with van der Waals surface area (Å²) >= 11 is 0. The molecule has 0 radical (unpaired) electrons. The number of carbonyl (C=O) groups is 1. The van der Waals surface area contributed by atoms with Crippen LogP contribution >= 0.6 is 0 Å². The van der Waals surface area contributed by atoms with E-state index in [-0.39, 0.29) is 11.9 Å². The maximum atomic E-state index is 12.9. The van der Waals surface area contributed by atoms with E-state index in [1.807, 2.05) is 61.3 Å². The average Bonchev–Trinajstić information content (AvgIpc) is 2.54. The zero-order chi connectivity index (χ0) is 15.9. The van der Waals surface area contributed by atoms with Crippen molar-refractivity contribution in [2.24, 2.45) is 5.92 Å². The van der Waals surface area contributed by atoms with Crippen LogP contribution in [0, 0.1) is 5.92 Å². The minimum atomic E-state index is -0.171. The van der Waals surface area contributed by atoms with E-state index >= 15 is 0 Å². The minimum absolute atomic E-state index is 0.171. The SMILES string of the molecule is CNCCC1CCN(C(=O)C(c2ccccc2)N(C)C)CC1. The second kappa shape index (κ2) is 8.30. The third-order valence-electron chi connectivity index (χ3n) is 4.59. The fourth-order valence-electron chi connectivity index (χ4n) is 3.26. The van der Waals surface area contributed by atoms with Crippen LogP contribution in [-0.2, 0) is 4.79 Å². The Morgan fingerprint density at radius 3 is 2.45 bits per heavy atom. The van der Waals surface area contributed by atoms with Gasteiger partial charge in [0.2, 0.25) is 5.91 Å². The van der Waals surface area contributed by atoms with Gasteiger partial charge >= 0.3 is 0 Å². The monoisotopic (exact) mass is 303 g/mol. The number of hydrogen-bond donors (Lipinski definition) is 1. The van der Waals surface area contributed by atoms with Crippen molar-refractivity contribution in [1.82, 2.24) is 15.1 Å². The minimum Gasteiger partial charge on any atom is -0.341 e. The molecule has 0 saturated carbocycles. The summed E-state index contributed by atoms with van der Waals surface area (Å²) in [7, 11) is 5.96. The molecule has 1 heterocycles. The fraction of sp³-hybridized carbons (Fsp3) is 0.611. The first-order valence-corrected chi connectivity index (χ1v) is 8.28. The molecule has 2 rings (SSSR count). The van der Waals surface area contributed by atoms with Crippen LogP contribution in [-0.4, -0.2) is 56.5 Å². The molecule has 1 amide bonds. The van der Waals surface area contributed by atoms with E-state index < -0.39 is 0 Å². The number of benzene rings is 1. The Balaban J connectivity index is 1.98. The zero-order valence-corrected chi connectivity index (χ0v) is 14.1. The third-order valence-corrected chi connectivity index (χ3v) is 4.59. The summed E-state index contributed by atoms with van der Waals surface area (Å²) in [6.07, 6.45) is 3.47. The van der Waals surface area contributed by atoms with Crippen LogP contribution in [0.2, 0.25) is 0 Å². The normalized spacial score (nSPS) is 17.7. The second-order valence-corrected chi connectivity index (χ2v) is 6.44. The molecule has 1 aliphatic heterocycles. The molecule has 22 heavy (non-hydrogen) atoms. The standard InChI is InChI=1S/C18H29N3O/c1-19-12-9-15-10-13-21(14-11-15)18(22)17(20(2)3)16-7-5-4-6-8-16/h4-8,15,17,19H,9-14H2,1-3H3. The van der Waals surface area contributed by atoms with E-state index in [4.69, 9.17) is 0 Å². The summed E-state index contributed by atoms with van der Waals surface area (Å²) in [5.74, 6) is 0.995. The number of likely N-dealkylation sites (N-methyl/N-ethyl adjacent to an activating group) is 1. The quantitative estimate of drug-likeness (QED) is 0.874. The van der Waals surface area contributed by atoms with Gasteiger partial charge in [0.25, 0.3) is 0 Å². The van der Waals surface area contributed by atoms with Gasteiger partial charge in [-0.15, -0.1) is 0 Å². The third kappa shape index (κ3) is 4.31. The van der Waals surface area contributed by atoms with Crippen LogP contribution in [0.3, 0.4) is 0 Å². The molecule has 0 spiro atoms. The summed E-state index contributed by atoms with van der Waals surface area (Å²) in [5, 5.41) is 3.22. The molecule has 4 heteroatoms. The number of nitrogens with one attached hydrogen (secondary N) is 1. The molecule has 0 aliphatic carbocycles. The summed E-state index contributed by atoms with van der Waals surface area (Å²) in [6.45, 7) is 2.86. The molecule has 1 fully saturated rings. The number of piperidine rings is 1. The van der Waals surface area contributed by atoms with Crippen molar-refractivity contribution in [3.05, 3.63) is 35.9 Å². The molecule has 0 aromatic heterocycles. The Morgan fingerprint density at radius 1 is 1.27 bits per heavy atom. The molecule has 1 aliphatic rings. The van der Waals surface area contributed by atoms with Gasteiger partial charge in [0, 0.05) is 13.1 Å². The summed E-state index contributed by atoms with van der Waals surface area (Å²) < 4.78 is 0. The highest BCUT2D eigenvalue weighted by Gasteiger charge is 2.30. The lowest BCUT2D eigenvalue weighted by Gasteiger charge is -2.36. The second-order valence-electron chi connectivity index (χ2n) is 6.44. The van der Waals surface area contributed by atoms with Gasteiger partial charge in [0.15, 0.2) is 0 Å². The van der Waals surface area contributed by atoms with E-state index in [9.17, 15) is 4.79 Å². The van der Waals surface area contributed by atoms with Crippen molar-refractivity contribution in [1.29, 1.82) is 0 Å². The maximum Gasteiger partial charge on any atom is 0.244 e. The molecule has 122 valence electrons. The van der Waals surface area contributed by atoms with Crippen LogP contribution in [0.4, 0.5) is 0 Å². The molecule has 1 N–H and O–H groups in total. The molecular formula is C18H29N3O. The highest BCUT2D eigenvalue weighted by molar-refractivity contribution is 5.83. The predicted octanol–water partition coefficient (Wildman–Crippen LogP) is 2.14. The first-order chi connectivity index (χ1) is 10.6. The van der Waals surface area contributed by atoms with E-state index in [2.05, 4.69) is 5.32 Å². The lowest BCUT2D eigenvalue weighted by atomic mass is 9.92. The topological polar surface area (TPSA) is 35.6 Å². The number of amides is 1. The van der Waals surface area contributed by atoms with Gasteiger partial charge in [-0.05, 0) is 58.4 Å². The van der Waals surface area contributed by atoms with Crippen LogP contribution in [0.25, 0.3) is 0 Å². The first kappa shape index (κ1) is 17.0. The lowest BCUT2D eigenvalue weighted by molar-refractivity contribution is -0.137. The predicted molar refractivity (Wildman–Crippen MR) is 90.7 cm³/mol. The Bertz CT molecular complexity index is 453. The summed E-state index contributed by atoms with van der Waals surface area (Å²) in [5.41, 5.74) is 1.08. The van der Waals surface area contributed by atoms with Crippen molar-refractivity contribution in [3.63, 3.8) is 0 Å². The Kier molecular flexibility index (Phi) is 6.40. The van der Waals surface area contributed by atoms with Crippen molar-refractivity contribution < 1.29 is 4.79 Å². The smallest absolute Gasteiger partial charge is 0.244 e. The van der Waals surface area contributed by atoms with E-state index in [0.717, 1.165) is 44.0 Å². The number of rotatable bonds is 6. The number of hydrogen-bond acceptors (Lipinski definition) is 3. The van der Waals surface area contributed by atoms with Gasteiger partial charge in [-0.1, -0.05) is 30.3 Å². The average molecular weight is 303 g/mol. The highest BCUT2D eigenvalue weighted by Crippen LogP contribution is 2.25. The maximum absolute atomic E-state index is 12.9. The number of likely N-dealkylation sites (tertiary alicyclic amines) is 1. The molecule has 1 aromatic rings. The van der Waals surface area contributed by atoms with Crippen LogP contribution < -0.4 is 5.32 Å². The molecule has 0 bridgehead atoms. The van der Waals surface area contributed by atoms with Crippen molar-refractivity contribution in [2.45, 2.75) is 25.3 Å². The van der Waals surface area contributed by atoms with Crippen LogP contribution in [0.1, 0.15) is 30.9 Å². The summed E-state index contributed by atoms with van der Waals surface area (Å²) in [6, 6.07) is 9.92. The first-order valence-electron chi connectivity index (χ1n) is 8.28. The molecule has 1 atom stereocenters. The molecular weight excluding hydrogens is 274 g/mol. The Labute approximate surface area is 134 Å².